The van der Waals surface area contributed by atoms with E-state index in [1.165, 1.54) is 6.42 Å². The van der Waals surface area contributed by atoms with Crippen LogP contribution in [0.15, 0.2) is 10.5 Å². The fraction of sp³-hybridized carbons (Fsp3) is 0.706. The number of likely N-dealkylation sites (N-methyl/N-ethyl adjacent to an activating group) is 2. The maximum atomic E-state index is 12.5. The van der Waals surface area contributed by atoms with Gasteiger partial charge in [-0.1, -0.05) is 0 Å². The van der Waals surface area contributed by atoms with E-state index in [-0.39, 0.29) is 17.6 Å². The summed E-state index contributed by atoms with van der Waals surface area (Å²) in [5.74, 6) is 1.75. The second-order valence-electron chi connectivity index (χ2n) is 6.87. The second-order valence-corrected chi connectivity index (χ2v) is 6.87. The Hall–Kier alpha value is -1.49. The number of nitrogens with zero attached hydrogens (tertiary/aromatic N) is 2. The summed E-state index contributed by atoms with van der Waals surface area (Å²) in [6.07, 6.45) is 3.57. The van der Waals surface area contributed by atoms with Crippen LogP contribution in [-0.4, -0.2) is 49.1 Å². The molecule has 1 atom stereocenters. The van der Waals surface area contributed by atoms with Gasteiger partial charge in [0.25, 0.3) is 0 Å². The van der Waals surface area contributed by atoms with Crippen molar-refractivity contribution in [1.29, 1.82) is 0 Å². The normalized spacial score (nSPS) is 18.0. The smallest absolute Gasteiger partial charge is 0.317 e. The van der Waals surface area contributed by atoms with Gasteiger partial charge in [0.15, 0.2) is 0 Å². The van der Waals surface area contributed by atoms with Crippen LogP contribution >= 0.6 is 0 Å². The number of nitrogens with one attached hydrogen (secondary N) is 1. The first kappa shape index (κ1) is 16.9. The van der Waals surface area contributed by atoms with Crippen molar-refractivity contribution >= 4 is 6.03 Å². The zero-order valence-electron chi connectivity index (χ0n) is 14.7. The minimum Gasteiger partial charge on any atom is -0.466 e. The predicted molar refractivity (Wildman–Crippen MR) is 88.0 cm³/mol. The third-order valence-corrected chi connectivity index (χ3v) is 5.00. The maximum absolute atomic E-state index is 12.5. The first-order valence-electron chi connectivity index (χ1n) is 8.01. The van der Waals surface area contributed by atoms with E-state index in [1.54, 1.807) is 4.90 Å². The monoisotopic (exact) mass is 307 g/mol. The number of carbonyl (C=O) groups is 1. The lowest BCUT2D eigenvalue weighted by molar-refractivity contribution is 0.0361. The topological polar surface area (TPSA) is 48.7 Å². The van der Waals surface area contributed by atoms with E-state index in [0.717, 1.165) is 36.5 Å². The molecule has 2 amide bonds. The highest BCUT2D eigenvalue weighted by Gasteiger charge is 2.40. The molecule has 0 bridgehead atoms. The van der Waals surface area contributed by atoms with Gasteiger partial charge in [-0.05, 0) is 60.2 Å². The van der Waals surface area contributed by atoms with Crippen molar-refractivity contribution in [3.05, 3.63) is 23.2 Å². The Labute approximate surface area is 133 Å². The predicted octanol–water partition coefficient (Wildman–Crippen LogP) is 3.08. The SMILES string of the molecule is Cc1cc(C(C)NC(=O)N(C)CC2(N(C)C)CCC2)c(C)o1. The Morgan fingerprint density at radius 2 is 2.00 bits per heavy atom. The van der Waals surface area contributed by atoms with Crippen LogP contribution in [-0.2, 0) is 0 Å². The summed E-state index contributed by atoms with van der Waals surface area (Å²) < 4.78 is 5.54. The maximum Gasteiger partial charge on any atom is 0.317 e. The molecule has 22 heavy (non-hydrogen) atoms. The molecule has 1 unspecified atom stereocenters. The molecule has 1 N–H and O–H groups in total. The Bertz CT molecular complexity index is 532. The van der Waals surface area contributed by atoms with Crippen LogP contribution in [0.5, 0.6) is 0 Å². The van der Waals surface area contributed by atoms with Gasteiger partial charge >= 0.3 is 6.03 Å². The van der Waals surface area contributed by atoms with E-state index in [0.29, 0.717) is 0 Å². The first-order valence-corrected chi connectivity index (χ1v) is 8.01. The van der Waals surface area contributed by atoms with Crippen molar-refractivity contribution in [2.75, 3.05) is 27.7 Å². The van der Waals surface area contributed by atoms with Gasteiger partial charge in [-0.2, -0.15) is 0 Å². The molecule has 1 aliphatic carbocycles. The third kappa shape index (κ3) is 3.29. The van der Waals surface area contributed by atoms with Gasteiger partial charge < -0.3 is 19.5 Å². The second kappa shape index (κ2) is 6.32. The Kier molecular flexibility index (Phi) is 4.85. The summed E-state index contributed by atoms with van der Waals surface area (Å²) in [7, 11) is 6.08. The highest BCUT2D eigenvalue weighted by atomic mass is 16.3. The van der Waals surface area contributed by atoms with Crippen LogP contribution in [0.2, 0.25) is 0 Å². The number of aryl methyl sites for hydroxylation is 2. The molecular weight excluding hydrogens is 278 g/mol. The van der Waals surface area contributed by atoms with Gasteiger partial charge in [0.1, 0.15) is 11.5 Å². The van der Waals surface area contributed by atoms with Gasteiger partial charge in [-0.25, -0.2) is 4.79 Å². The van der Waals surface area contributed by atoms with Gasteiger partial charge in [0.2, 0.25) is 0 Å². The highest BCUT2D eigenvalue weighted by Crippen LogP contribution is 2.36. The van der Waals surface area contributed by atoms with E-state index < -0.39 is 0 Å². The molecule has 1 aromatic rings. The molecule has 1 aliphatic rings. The van der Waals surface area contributed by atoms with Crippen molar-refractivity contribution in [3.8, 4) is 0 Å². The molecule has 1 saturated carbocycles. The van der Waals surface area contributed by atoms with Crippen LogP contribution in [0, 0.1) is 13.8 Å². The van der Waals surface area contributed by atoms with Gasteiger partial charge in [0, 0.05) is 24.7 Å². The lowest BCUT2D eigenvalue weighted by Gasteiger charge is -2.49. The van der Waals surface area contributed by atoms with E-state index in [9.17, 15) is 4.79 Å². The van der Waals surface area contributed by atoms with Crippen LogP contribution in [0.25, 0.3) is 0 Å². The van der Waals surface area contributed by atoms with Crippen molar-refractivity contribution in [3.63, 3.8) is 0 Å². The molecule has 1 heterocycles. The number of amides is 2. The Balaban J connectivity index is 1.95. The van der Waals surface area contributed by atoms with Crippen molar-refractivity contribution < 1.29 is 9.21 Å². The van der Waals surface area contributed by atoms with E-state index in [4.69, 9.17) is 4.42 Å². The summed E-state index contributed by atoms with van der Waals surface area (Å²) in [5, 5.41) is 3.07. The molecule has 2 rings (SSSR count). The van der Waals surface area contributed by atoms with Crippen molar-refractivity contribution in [2.24, 2.45) is 0 Å². The molecular formula is C17H29N3O2. The third-order valence-electron chi connectivity index (χ3n) is 5.00. The number of rotatable bonds is 5. The van der Waals surface area contributed by atoms with Crippen LogP contribution in [0.3, 0.4) is 0 Å². The fourth-order valence-corrected chi connectivity index (χ4v) is 3.30. The van der Waals surface area contributed by atoms with Crippen molar-refractivity contribution in [2.45, 2.75) is 51.6 Å². The molecule has 0 saturated heterocycles. The molecule has 124 valence electrons. The summed E-state index contributed by atoms with van der Waals surface area (Å²) in [5.41, 5.74) is 1.20. The Morgan fingerprint density at radius 3 is 2.41 bits per heavy atom. The molecule has 1 aromatic heterocycles. The number of urea groups is 1. The zero-order chi connectivity index (χ0) is 16.5. The Morgan fingerprint density at radius 1 is 1.36 bits per heavy atom. The molecule has 0 aromatic carbocycles. The van der Waals surface area contributed by atoms with E-state index >= 15 is 0 Å². The summed E-state index contributed by atoms with van der Waals surface area (Å²) in [6.45, 7) is 6.62. The van der Waals surface area contributed by atoms with E-state index in [2.05, 4.69) is 24.3 Å². The minimum absolute atomic E-state index is 0.0288. The summed E-state index contributed by atoms with van der Waals surface area (Å²) in [6, 6.07) is 1.91. The largest absolute Gasteiger partial charge is 0.466 e. The molecule has 0 radical (unpaired) electrons. The van der Waals surface area contributed by atoms with E-state index in [1.807, 2.05) is 33.9 Å². The van der Waals surface area contributed by atoms with Crippen LogP contribution in [0.4, 0.5) is 4.79 Å². The first-order chi connectivity index (χ1) is 10.2. The lowest BCUT2D eigenvalue weighted by Crippen LogP contribution is -2.58. The molecule has 5 heteroatoms. The lowest BCUT2D eigenvalue weighted by atomic mass is 9.75. The van der Waals surface area contributed by atoms with Crippen LogP contribution in [0.1, 0.15) is 49.3 Å². The number of furan rings is 1. The summed E-state index contributed by atoms with van der Waals surface area (Å²) >= 11 is 0. The average molecular weight is 307 g/mol. The number of carbonyl (C=O) groups excluding carboxylic acids is 1. The minimum atomic E-state index is -0.0518. The quantitative estimate of drug-likeness (QED) is 0.909. The number of hydrogen-bond donors (Lipinski definition) is 1. The van der Waals surface area contributed by atoms with Gasteiger partial charge in [-0.3, -0.25) is 0 Å². The average Bonchev–Trinajstić information content (AvgIpc) is 2.72. The van der Waals surface area contributed by atoms with Crippen molar-refractivity contribution in [1.82, 2.24) is 15.1 Å². The molecule has 1 fully saturated rings. The standard InChI is InChI=1S/C17H29N3O2/c1-12-10-15(14(3)22-12)13(2)18-16(21)20(6)11-17(19(4)5)8-7-9-17/h10,13H,7-9,11H2,1-6H3,(H,18,21). The number of hydrogen-bond acceptors (Lipinski definition) is 3. The highest BCUT2D eigenvalue weighted by molar-refractivity contribution is 5.74. The van der Waals surface area contributed by atoms with Gasteiger partial charge in [0.05, 0.1) is 6.04 Å². The van der Waals surface area contributed by atoms with Crippen LogP contribution < -0.4 is 5.32 Å². The zero-order valence-corrected chi connectivity index (χ0v) is 14.7. The molecule has 0 aliphatic heterocycles. The molecule has 0 spiro atoms. The molecule has 5 nitrogen and oxygen atoms in total. The fourth-order valence-electron chi connectivity index (χ4n) is 3.30. The van der Waals surface area contributed by atoms with Gasteiger partial charge in [-0.15, -0.1) is 0 Å². The summed E-state index contributed by atoms with van der Waals surface area (Å²) in [4.78, 5) is 16.5.